The molecule has 5 heteroatoms. The Hall–Kier alpha value is -2.01. The molecule has 2 rings (SSSR count). The molecular weight excluding hydrogens is 279 g/mol. The van der Waals surface area contributed by atoms with Crippen LogP contribution in [0.1, 0.15) is 28.5 Å². The number of hydrogen-bond acceptors (Lipinski definition) is 2. The monoisotopic (exact) mass is 295 g/mol. The lowest BCUT2D eigenvalue weighted by molar-refractivity contribution is -0.137. The van der Waals surface area contributed by atoms with Crippen LogP contribution in [0.2, 0.25) is 0 Å². The maximum atomic E-state index is 12.7. The lowest BCUT2D eigenvalue weighted by atomic mass is 10.1. The highest BCUT2D eigenvalue weighted by Gasteiger charge is 2.30. The van der Waals surface area contributed by atoms with Gasteiger partial charge in [0, 0.05) is 11.3 Å². The van der Waals surface area contributed by atoms with Gasteiger partial charge in [-0.15, -0.1) is 0 Å². The van der Waals surface area contributed by atoms with Gasteiger partial charge in [0.2, 0.25) is 0 Å². The van der Waals surface area contributed by atoms with Gasteiger partial charge < -0.3 is 10.4 Å². The van der Waals surface area contributed by atoms with Crippen molar-refractivity contribution in [2.24, 2.45) is 0 Å². The first-order valence-corrected chi connectivity index (χ1v) is 6.46. The minimum Gasteiger partial charge on any atom is -0.369 e. The molecule has 0 aliphatic rings. The van der Waals surface area contributed by atoms with Crippen LogP contribution in [-0.2, 0) is 6.18 Å². The van der Waals surface area contributed by atoms with Gasteiger partial charge in [-0.2, -0.15) is 13.2 Å². The molecule has 1 atom stereocenters. The lowest BCUT2D eigenvalue weighted by Crippen LogP contribution is -2.12. The minimum atomic E-state index is -4.42. The number of alkyl halides is 3. The molecule has 21 heavy (non-hydrogen) atoms. The van der Waals surface area contributed by atoms with Gasteiger partial charge in [-0.3, -0.25) is 0 Å². The highest BCUT2D eigenvalue weighted by molar-refractivity contribution is 5.49. The Morgan fingerprint density at radius 2 is 1.71 bits per heavy atom. The summed E-state index contributed by atoms with van der Waals surface area (Å²) in [6.07, 6.45) is -5.62. The van der Waals surface area contributed by atoms with Crippen molar-refractivity contribution in [3.63, 3.8) is 0 Å². The number of hydrogen-bond donors (Lipinski definition) is 2. The van der Waals surface area contributed by atoms with Crippen molar-refractivity contribution in [2.75, 3.05) is 5.32 Å². The van der Waals surface area contributed by atoms with Gasteiger partial charge in [0.25, 0.3) is 0 Å². The number of aryl methyl sites for hydroxylation is 2. The standard InChI is InChI=1S/C16H16F3NO/c1-10-6-7-14(8-11(10)2)20-15(21)12-4-3-5-13(9-12)16(17,18)19/h3-9,15,20-21H,1-2H3. The highest BCUT2D eigenvalue weighted by atomic mass is 19.4. The number of aliphatic hydroxyl groups excluding tert-OH is 1. The third kappa shape index (κ3) is 3.76. The quantitative estimate of drug-likeness (QED) is 0.821. The summed E-state index contributed by atoms with van der Waals surface area (Å²) in [6.45, 7) is 3.89. The van der Waals surface area contributed by atoms with E-state index in [1.54, 1.807) is 6.07 Å². The summed E-state index contributed by atoms with van der Waals surface area (Å²) >= 11 is 0. The Kier molecular flexibility index (Phi) is 4.23. The first kappa shape index (κ1) is 15.4. The molecule has 2 aromatic rings. The number of aliphatic hydroxyl groups is 1. The topological polar surface area (TPSA) is 32.3 Å². The summed E-state index contributed by atoms with van der Waals surface area (Å²) in [5.41, 5.74) is 2.19. The molecule has 112 valence electrons. The van der Waals surface area contributed by atoms with Crippen molar-refractivity contribution in [1.82, 2.24) is 0 Å². The largest absolute Gasteiger partial charge is 0.416 e. The lowest BCUT2D eigenvalue weighted by Gasteiger charge is -2.17. The number of nitrogens with one attached hydrogen (secondary N) is 1. The van der Waals surface area contributed by atoms with Crippen LogP contribution in [0, 0.1) is 13.8 Å². The van der Waals surface area contributed by atoms with Crippen LogP contribution in [0.15, 0.2) is 42.5 Å². The predicted molar refractivity (Wildman–Crippen MR) is 75.9 cm³/mol. The Morgan fingerprint density at radius 3 is 2.33 bits per heavy atom. The molecule has 0 aliphatic carbocycles. The van der Waals surface area contributed by atoms with Crippen LogP contribution in [0.5, 0.6) is 0 Å². The van der Waals surface area contributed by atoms with Crippen LogP contribution < -0.4 is 5.32 Å². The number of benzene rings is 2. The molecule has 2 N–H and O–H groups in total. The van der Waals surface area contributed by atoms with E-state index in [1.807, 2.05) is 26.0 Å². The molecule has 0 spiro atoms. The molecule has 2 nitrogen and oxygen atoms in total. The predicted octanol–water partition coefficient (Wildman–Crippen LogP) is 4.43. The smallest absolute Gasteiger partial charge is 0.369 e. The highest BCUT2D eigenvalue weighted by Crippen LogP contribution is 2.31. The maximum Gasteiger partial charge on any atom is 0.416 e. The Bertz CT molecular complexity index is 638. The number of rotatable bonds is 3. The third-order valence-electron chi connectivity index (χ3n) is 3.34. The van der Waals surface area contributed by atoms with E-state index >= 15 is 0 Å². The normalized spacial score (nSPS) is 13.0. The van der Waals surface area contributed by atoms with E-state index in [0.717, 1.165) is 23.3 Å². The molecule has 0 saturated carbocycles. The van der Waals surface area contributed by atoms with Gasteiger partial charge in [-0.05, 0) is 49.2 Å². The van der Waals surface area contributed by atoms with Crippen LogP contribution in [0.25, 0.3) is 0 Å². The molecule has 1 unspecified atom stereocenters. The molecular formula is C16H16F3NO. The summed E-state index contributed by atoms with van der Waals surface area (Å²) in [5, 5.41) is 12.8. The SMILES string of the molecule is Cc1ccc(NC(O)c2cccc(C(F)(F)F)c2)cc1C. The number of anilines is 1. The molecule has 2 aromatic carbocycles. The minimum absolute atomic E-state index is 0.169. The van der Waals surface area contributed by atoms with E-state index < -0.39 is 18.0 Å². The molecule has 0 heterocycles. The van der Waals surface area contributed by atoms with E-state index in [1.165, 1.54) is 12.1 Å². The van der Waals surface area contributed by atoms with Gasteiger partial charge in [-0.1, -0.05) is 18.2 Å². The van der Waals surface area contributed by atoms with Crippen molar-refractivity contribution >= 4 is 5.69 Å². The molecule has 0 aromatic heterocycles. The van der Waals surface area contributed by atoms with Crippen molar-refractivity contribution in [1.29, 1.82) is 0 Å². The second kappa shape index (κ2) is 5.77. The fraction of sp³-hybridized carbons (Fsp3) is 0.250. The van der Waals surface area contributed by atoms with E-state index in [4.69, 9.17) is 0 Å². The number of halogens is 3. The van der Waals surface area contributed by atoms with Gasteiger partial charge in [0.1, 0.15) is 0 Å². The Labute approximate surface area is 121 Å². The van der Waals surface area contributed by atoms with Crippen molar-refractivity contribution in [3.8, 4) is 0 Å². The van der Waals surface area contributed by atoms with Gasteiger partial charge >= 0.3 is 6.18 Å². The molecule has 0 saturated heterocycles. The zero-order chi connectivity index (χ0) is 15.6. The van der Waals surface area contributed by atoms with Gasteiger partial charge in [0.15, 0.2) is 6.23 Å². The zero-order valence-corrected chi connectivity index (χ0v) is 11.7. The van der Waals surface area contributed by atoms with Crippen molar-refractivity contribution in [2.45, 2.75) is 26.3 Å². The first-order valence-electron chi connectivity index (χ1n) is 6.46. The van der Waals surface area contributed by atoms with Gasteiger partial charge in [0.05, 0.1) is 5.56 Å². The second-order valence-corrected chi connectivity index (χ2v) is 4.97. The summed E-state index contributed by atoms with van der Waals surface area (Å²) in [7, 11) is 0. The molecule has 0 amide bonds. The van der Waals surface area contributed by atoms with Gasteiger partial charge in [-0.25, -0.2) is 0 Å². The molecule has 0 fully saturated rings. The average Bonchev–Trinajstić information content (AvgIpc) is 2.42. The maximum absolute atomic E-state index is 12.7. The summed E-state index contributed by atoms with van der Waals surface area (Å²) < 4.78 is 38.0. The van der Waals surface area contributed by atoms with E-state index in [9.17, 15) is 18.3 Å². The van der Waals surface area contributed by atoms with Crippen LogP contribution >= 0.6 is 0 Å². The van der Waals surface area contributed by atoms with Crippen molar-refractivity contribution < 1.29 is 18.3 Å². The summed E-state index contributed by atoms with van der Waals surface area (Å²) in [6, 6.07) is 10.2. The van der Waals surface area contributed by atoms with E-state index in [-0.39, 0.29) is 5.56 Å². The fourth-order valence-electron chi connectivity index (χ4n) is 1.96. The Morgan fingerprint density at radius 1 is 1.00 bits per heavy atom. The summed E-state index contributed by atoms with van der Waals surface area (Å²) in [4.78, 5) is 0. The van der Waals surface area contributed by atoms with E-state index in [2.05, 4.69) is 5.32 Å². The van der Waals surface area contributed by atoms with Crippen LogP contribution in [0.3, 0.4) is 0 Å². The molecule has 0 aliphatic heterocycles. The van der Waals surface area contributed by atoms with Crippen molar-refractivity contribution in [3.05, 3.63) is 64.7 Å². The average molecular weight is 295 g/mol. The first-order chi connectivity index (χ1) is 9.77. The fourth-order valence-corrected chi connectivity index (χ4v) is 1.96. The molecule has 0 bridgehead atoms. The summed E-state index contributed by atoms with van der Waals surface area (Å²) in [5.74, 6) is 0. The zero-order valence-electron chi connectivity index (χ0n) is 11.7. The van der Waals surface area contributed by atoms with E-state index in [0.29, 0.717) is 5.69 Å². The Balaban J connectivity index is 2.20. The third-order valence-corrected chi connectivity index (χ3v) is 3.34. The molecule has 0 radical (unpaired) electrons. The van der Waals surface area contributed by atoms with Crippen LogP contribution in [-0.4, -0.2) is 5.11 Å². The second-order valence-electron chi connectivity index (χ2n) is 4.97. The van der Waals surface area contributed by atoms with Crippen LogP contribution in [0.4, 0.5) is 18.9 Å².